The first-order chi connectivity index (χ1) is 10.9. The van der Waals surface area contributed by atoms with Gasteiger partial charge >= 0.3 is 0 Å². The van der Waals surface area contributed by atoms with Crippen molar-refractivity contribution >= 4 is 22.6 Å². The molecule has 23 heavy (non-hydrogen) atoms. The highest BCUT2D eigenvalue weighted by Gasteiger charge is 2.19. The third kappa shape index (κ3) is 3.99. The summed E-state index contributed by atoms with van der Waals surface area (Å²) in [4.78, 5) is 18.8. The minimum atomic E-state index is -0.471. The maximum Gasteiger partial charge on any atom is 0.237 e. The van der Waals surface area contributed by atoms with E-state index in [1.54, 1.807) is 0 Å². The first-order valence-electron chi connectivity index (χ1n) is 8.03. The molecule has 0 saturated carbocycles. The van der Waals surface area contributed by atoms with Gasteiger partial charge in [-0.25, -0.2) is 4.98 Å². The molecule has 124 valence electrons. The molecule has 2 aromatic rings. The number of carbonyl (C=O) groups excluding carboxylic acids is 1. The Bertz CT molecular complexity index is 684. The first kappa shape index (κ1) is 17.2. The van der Waals surface area contributed by atoms with Gasteiger partial charge in [0.15, 0.2) is 0 Å². The summed E-state index contributed by atoms with van der Waals surface area (Å²) >= 11 is 0. The minimum absolute atomic E-state index is 0.105. The van der Waals surface area contributed by atoms with Gasteiger partial charge in [0.1, 0.15) is 5.82 Å². The fourth-order valence-corrected chi connectivity index (χ4v) is 2.42. The molecule has 0 aliphatic rings. The number of amides is 1. The number of hydrogen-bond acceptors (Lipinski definition) is 4. The van der Waals surface area contributed by atoms with Crippen LogP contribution in [0.25, 0.3) is 10.9 Å². The second-order valence-corrected chi connectivity index (χ2v) is 6.18. The van der Waals surface area contributed by atoms with Crippen molar-refractivity contribution in [3.63, 3.8) is 0 Å². The van der Waals surface area contributed by atoms with Gasteiger partial charge in [-0.15, -0.1) is 0 Å². The second-order valence-electron chi connectivity index (χ2n) is 6.18. The van der Waals surface area contributed by atoms with Crippen LogP contribution >= 0.6 is 0 Å². The number of para-hydroxylation sites is 1. The van der Waals surface area contributed by atoms with Gasteiger partial charge < -0.3 is 16.0 Å². The van der Waals surface area contributed by atoms with Gasteiger partial charge in [0.25, 0.3) is 0 Å². The Balaban J connectivity index is 2.24. The average Bonchev–Trinajstić information content (AvgIpc) is 2.57. The normalized spacial score (nSPS) is 13.6. The van der Waals surface area contributed by atoms with Gasteiger partial charge in [-0.3, -0.25) is 4.79 Å². The fourth-order valence-electron chi connectivity index (χ4n) is 2.42. The predicted molar refractivity (Wildman–Crippen MR) is 95.3 cm³/mol. The molecule has 0 aliphatic carbocycles. The summed E-state index contributed by atoms with van der Waals surface area (Å²) in [6.45, 7) is 4.49. The van der Waals surface area contributed by atoms with E-state index >= 15 is 0 Å². The SMILES string of the molecule is CCC(C)C(N)C(=O)NCc1cc(N(C)C)nc2ccccc12. The van der Waals surface area contributed by atoms with Crippen molar-refractivity contribution < 1.29 is 4.79 Å². The predicted octanol–water partition coefficient (Wildman–Crippen LogP) is 2.29. The maximum atomic E-state index is 12.2. The summed E-state index contributed by atoms with van der Waals surface area (Å²) in [7, 11) is 3.91. The van der Waals surface area contributed by atoms with Gasteiger partial charge in [-0.1, -0.05) is 38.5 Å². The van der Waals surface area contributed by atoms with Gasteiger partial charge in [-0.2, -0.15) is 0 Å². The number of pyridine rings is 1. The van der Waals surface area contributed by atoms with Crippen LogP contribution in [-0.4, -0.2) is 31.0 Å². The smallest absolute Gasteiger partial charge is 0.237 e. The molecule has 3 N–H and O–H groups in total. The summed E-state index contributed by atoms with van der Waals surface area (Å²) in [5.74, 6) is 0.937. The van der Waals surface area contributed by atoms with E-state index in [0.717, 1.165) is 28.7 Å². The standard InChI is InChI=1S/C18H26N4O/c1-5-12(2)17(19)18(23)20-11-13-10-16(22(3)4)21-15-9-7-6-8-14(13)15/h6-10,12,17H,5,11,19H2,1-4H3,(H,20,23). The van der Waals surface area contributed by atoms with Crippen LogP contribution in [0.5, 0.6) is 0 Å². The van der Waals surface area contributed by atoms with Crippen molar-refractivity contribution in [3.8, 4) is 0 Å². The van der Waals surface area contributed by atoms with E-state index in [1.807, 2.05) is 63.2 Å². The van der Waals surface area contributed by atoms with Crippen LogP contribution in [0.4, 0.5) is 5.82 Å². The Morgan fingerprint density at radius 3 is 2.70 bits per heavy atom. The summed E-state index contributed by atoms with van der Waals surface area (Å²) in [6, 6.07) is 9.50. The Morgan fingerprint density at radius 1 is 1.35 bits per heavy atom. The van der Waals surface area contributed by atoms with Gasteiger partial charge in [0.05, 0.1) is 11.6 Å². The van der Waals surface area contributed by atoms with E-state index in [-0.39, 0.29) is 11.8 Å². The zero-order chi connectivity index (χ0) is 17.0. The highest BCUT2D eigenvalue weighted by atomic mass is 16.2. The number of benzene rings is 1. The highest BCUT2D eigenvalue weighted by Crippen LogP contribution is 2.22. The molecule has 0 aliphatic heterocycles. The molecule has 2 unspecified atom stereocenters. The van der Waals surface area contributed by atoms with Crippen molar-refractivity contribution in [1.82, 2.24) is 10.3 Å². The lowest BCUT2D eigenvalue weighted by atomic mass is 9.99. The van der Waals surface area contributed by atoms with Crippen molar-refractivity contribution in [2.75, 3.05) is 19.0 Å². The number of rotatable bonds is 6. The highest BCUT2D eigenvalue weighted by molar-refractivity contribution is 5.86. The summed E-state index contributed by atoms with van der Waals surface area (Å²) in [5, 5.41) is 4.01. The molecule has 0 radical (unpaired) electrons. The lowest BCUT2D eigenvalue weighted by Gasteiger charge is -2.19. The molecule has 1 amide bonds. The molecule has 0 fully saturated rings. The molecule has 1 aromatic carbocycles. The van der Waals surface area contributed by atoms with E-state index in [1.165, 1.54) is 0 Å². The Labute approximate surface area is 137 Å². The zero-order valence-electron chi connectivity index (χ0n) is 14.3. The number of anilines is 1. The number of nitrogens with two attached hydrogens (primary N) is 1. The van der Waals surface area contributed by atoms with Crippen molar-refractivity contribution in [2.24, 2.45) is 11.7 Å². The van der Waals surface area contributed by atoms with Crippen LogP contribution in [0.1, 0.15) is 25.8 Å². The lowest BCUT2D eigenvalue weighted by Crippen LogP contribution is -2.44. The van der Waals surface area contributed by atoms with Crippen LogP contribution in [0, 0.1) is 5.92 Å². The third-order valence-electron chi connectivity index (χ3n) is 4.26. The monoisotopic (exact) mass is 314 g/mol. The molecule has 5 heteroatoms. The van der Waals surface area contributed by atoms with Crippen LogP contribution in [0.3, 0.4) is 0 Å². The third-order valence-corrected chi connectivity index (χ3v) is 4.26. The van der Waals surface area contributed by atoms with E-state index in [4.69, 9.17) is 5.73 Å². The fraction of sp³-hybridized carbons (Fsp3) is 0.444. The molecule has 2 rings (SSSR count). The molecule has 0 spiro atoms. The zero-order valence-corrected chi connectivity index (χ0v) is 14.3. The van der Waals surface area contributed by atoms with Gasteiger partial charge in [0, 0.05) is 26.0 Å². The van der Waals surface area contributed by atoms with Crippen molar-refractivity contribution in [2.45, 2.75) is 32.9 Å². The quantitative estimate of drug-likeness (QED) is 0.858. The van der Waals surface area contributed by atoms with Gasteiger partial charge in [0.2, 0.25) is 5.91 Å². The topological polar surface area (TPSA) is 71.2 Å². The lowest BCUT2D eigenvalue weighted by molar-refractivity contribution is -0.123. The van der Waals surface area contributed by atoms with Crippen LogP contribution < -0.4 is 16.0 Å². The van der Waals surface area contributed by atoms with Crippen LogP contribution in [0.15, 0.2) is 30.3 Å². The summed E-state index contributed by atoms with van der Waals surface area (Å²) in [6.07, 6.45) is 0.886. The van der Waals surface area contributed by atoms with Gasteiger partial charge in [-0.05, 0) is 23.6 Å². The Morgan fingerprint density at radius 2 is 2.04 bits per heavy atom. The average molecular weight is 314 g/mol. The Kier molecular flexibility index (Phi) is 5.55. The molecule has 5 nitrogen and oxygen atoms in total. The number of fused-ring (bicyclic) bond motifs is 1. The number of hydrogen-bond donors (Lipinski definition) is 2. The number of nitrogens with zero attached hydrogens (tertiary/aromatic N) is 2. The summed E-state index contributed by atoms with van der Waals surface area (Å²) in [5.41, 5.74) is 7.96. The molecular formula is C18H26N4O. The van der Waals surface area contributed by atoms with Crippen LogP contribution in [-0.2, 0) is 11.3 Å². The molecule has 1 aromatic heterocycles. The first-order valence-corrected chi connectivity index (χ1v) is 8.03. The molecule has 0 saturated heterocycles. The minimum Gasteiger partial charge on any atom is -0.363 e. The van der Waals surface area contributed by atoms with Crippen molar-refractivity contribution in [3.05, 3.63) is 35.9 Å². The molecular weight excluding hydrogens is 288 g/mol. The Hall–Kier alpha value is -2.14. The van der Waals surface area contributed by atoms with E-state index < -0.39 is 6.04 Å². The molecule has 1 heterocycles. The number of nitrogens with one attached hydrogen (secondary N) is 1. The molecule has 2 atom stereocenters. The second kappa shape index (κ2) is 7.42. The van der Waals surface area contributed by atoms with Crippen molar-refractivity contribution in [1.29, 1.82) is 0 Å². The maximum absolute atomic E-state index is 12.2. The van der Waals surface area contributed by atoms with E-state index in [2.05, 4.69) is 10.3 Å². The van der Waals surface area contributed by atoms with E-state index in [0.29, 0.717) is 6.54 Å². The summed E-state index contributed by atoms with van der Waals surface area (Å²) < 4.78 is 0. The molecule has 0 bridgehead atoms. The largest absolute Gasteiger partial charge is 0.363 e. The number of carbonyl (C=O) groups is 1. The van der Waals surface area contributed by atoms with Crippen LogP contribution in [0.2, 0.25) is 0 Å². The van der Waals surface area contributed by atoms with E-state index in [9.17, 15) is 4.79 Å². The number of aromatic nitrogens is 1.